The Bertz CT molecular complexity index is 747. The first kappa shape index (κ1) is 11.3. The molecule has 1 aliphatic heterocycles. The number of anilines is 1. The predicted octanol–water partition coefficient (Wildman–Crippen LogP) is 3.95. The van der Waals surface area contributed by atoms with Crippen molar-refractivity contribution in [1.29, 1.82) is 0 Å². The van der Waals surface area contributed by atoms with E-state index in [0.29, 0.717) is 5.89 Å². The van der Waals surface area contributed by atoms with E-state index in [9.17, 15) is 0 Å². The summed E-state index contributed by atoms with van der Waals surface area (Å²) in [5.74, 6) is 1.47. The van der Waals surface area contributed by atoms with Gasteiger partial charge in [0.2, 0.25) is 0 Å². The molecule has 3 aromatic rings. The van der Waals surface area contributed by atoms with Crippen molar-refractivity contribution in [3.63, 3.8) is 0 Å². The van der Waals surface area contributed by atoms with E-state index >= 15 is 0 Å². The summed E-state index contributed by atoms with van der Waals surface area (Å²) in [6, 6.07) is 12.2. The standard InChI is InChI=1S/C16H14N2O2/c1-9-3-5-11(6-4-9)16-18-13-7-12-14(8-15(13)20-16)19-10(2)17-12/h3-8,16,18H,1-2H3. The first-order chi connectivity index (χ1) is 9.69. The first-order valence-electron chi connectivity index (χ1n) is 6.60. The lowest BCUT2D eigenvalue weighted by atomic mass is 10.1. The summed E-state index contributed by atoms with van der Waals surface area (Å²) in [6.07, 6.45) is -0.154. The van der Waals surface area contributed by atoms with E-state index in [1.807, 2.05) is 19.1 Å². The summed E-state index contributed by atoms with van der Waals surface area (Å²) < 4.78 is 11.5. The van der Waals surface area contributed by atoms with Crippen LogP contribution in [0.5, 0.6) is 5.75 Å². The molecule has 0 saturated carbocycles. The zero-order chi connectivity index (χ0) is 13.7. The lowest BCUT2D eigenvalue weighted by molar-refractivity contribution is 0.260. The molecule has 0 amide bonds. The van der Waals surface area contributed by atoms with E-state index in [-0.39, 0.29) is 6.23 Å². The van der Waals surface area contributed by atoms with Crippen LogP contribution >= 0.6 is 0 Å². The SMILES string of the molecule is Cc1ccc(C2Nc3cc4nc(C)oc4cc3O2)cc1. The lowest BCUT2D eigenvalue weighted by Crippen LogP contribution is -2.09. The summed E-state index contributed by atoms with van der Waals surface area (Å²) >= 11 is 0. The maximum absolute atomic E-state index is 5.95. The largest absolute Gasteiger partial charge is 0.464 e. The van der Waals surface area contributed by atoms with Gasteiger partial charge in [-0.05, 0) is 13.0 Å². The molecule has 4 nitrogen and oxygen atoms in total. The predicted molar refractivity (Wildman–Crippen MR) is 76.9 cm³/mol. The lowest BCUT2D eigenvalue weighted by Gasteiger charge is -2.11. The molecule has 2 heterocycles. The Morgan fingerprint density at radius 2 is 1.90 bits per heavy atom. The molecule has 2 aromatic carbocycles. The first-order valence-corrected chi connectivity index (χ1v) is 6.60. The van der Waals surface area contributed by atoms with Crippen LogP contribution in [0.4, 0.5) is 5.69 Å². The van der Waals surface area contributed by atoms with Crippen LogP contribution in [0.2, 0.25) is 0 Å². The summed E-state index contributed by atoms with van der Waals surface area (Å²) in [7, 11) is 0. The molecular formula is C16H14N2O2. The number of rotatable bonds is 1. The molecule has 1 unspecified atom stereocenters. The van der Waals surface area contributed by atoms with E-state index in [4.69, 9.17) is 9.15 Å². The van der Waals surface area contributed by atoms with E-state index in [0.717, 1.165) is 28.1 Å². The molecular weight excluding hydrogens is 252 g/mol. The monoisotopic (exact) mass is 266 g/mol. The highest BCUT2D eigenvalue weighted by Crippen LogP contribution is 2.40. The fraction of sp³-hybridized carbons (Fsp3) is 0.188. The van der Waals surface area contributed by atoms with Gasteiger partial charge >= 0.3 is 0 Å². The van der Waals surface area contributed by atoms with Crippen LogP contribution in [0.1, 0.15) is 23.2 Å². The van der Waals surface area contributed by atoms with Crippen LogP contribution in [0.3, 0.4) is 0 Å². The molecule has 1 aliphatic rings. The van der Waals surface area contributed by atoms with Gasteiger partial charge in [-0.2, -0.15) is 0 Å². The van der Waals surface area contributed by atoms with Crippen molar-refractivity contribution < 1.29 is 9.15 Å². The molecule has 1 aromatic heterocycles. The van der Waals surface area contributed by atoms with Gasteiger partial charge in [0.1, 0.15) is 11.3 Å². The van der Waals surface area contributed by atoms with Crippen molar-refractivity contribution in [1.82, 2.24) is 4.98 Å². The quantitative estimate of drug-likeness (QED) is 0.724. The molecule has 20 heavy (non-hydrogen) atoms. The highest BCUT2D eigenvalue weighted by molar-refractivity contribution is 5.82. The minimum absolute atomic E-state index is 0.154. The second-order valence-corrected chi connectivity index (χ2v) is 5.10. The van der Waals surface area contributed by atoms with Crippen molar-refractivity contribution in [2.45, 2.75) is 20.1 Å². The van der Waals surface area contributed by atoms with Crippen LogP contribution in [0.25, 0.3) is 11.1 Å². The van der Waals surface area contributed by atoms with Gasteiger partial charge < -0.3 is 14.5 Å². The summed E-state index contributed by atoms with van der Waals surface area (Å²) in [4.78, 5) is 4.34. The number of aryl methyl sites for hydroxylation is 2. The fourth-order valence-corrected chi connectivity index (χ4v) is 2.47. The minimum Gasteiger partial charge on any atom is -0.464 e. The van der Waals surface area contributed by atoms with E-state index in [2.05, 4.69) is 41.5 Å². The van der Waals surface area contributed by atoms with Crippen molar-refractivity contribution in [3.05, 3.63) is 53.4 Å². The molecule has 1 atom stereocenters. The number of oxazole rings is 1. The third-order valence-corrected chi connectivity index (χ3v) is 3.51. The van der Waals surface area contributed by atoms with E-state index in [1.165, 1.54) is 5.56 Å². The molecule has 4 heteroatoms. The second-order valence-electron chi connectivity index (χ2n) is 5.10. The molecule has 0 radical (unpaired) electrons. The van der Waals surface area contributed by atoms with Gasteiger partial charge in [-0.3, -0.25) is 0 Å². The van der Waals surface area contributed by atoms with E-state index < -0.39 is 0 Å². The molecule has 1 N–H and O–H groups in total. The van der Waals surface area contributed by atoms with Gasteiger partial charge in [-0.25, -0.2) is 4.98 Å². The molecule has 0 fully saturated rings. The topological polar surface area (TPSA) is 47.3 Å². The van der Waals surface area contributed by atoms with Gasteiger partial charge in [0.25, 0.3) is 0 Å². The van der Waals surface area contributed by atoms with Crippen LogP contribution in [-0.4, -0.2) is 4.98 Å². The van der Waals surface area contributed by atoms with Gasteiger partial charge in [0.15, 0.2) is 17.7 Å². The number of fused-ring (bicyclic) bond motifs is 2. The maximum Gasteiger partial charge on any atom is 0.196 e. The number of nitrogens with one attached hydrogen (secondary N) is 1. The molecule has 100 valence electrons. The normalized spacial score (nSPS) is 16.8. The van der Waals surface area contributed by atoms with Gasteiger partial charge in [-0.15, -0.1) is 0 Å². The van der Waals surface area contributed by atoms with Crippen LogP contribution in [0, 0.1) is 13.8 Å². The Hall–Kier alpha value is -2.49. The van der Waals surface area contributed by atoms with Gasteiger partial charge in [0.05, 0.1) is 5.69 Å². The molecule has 0 bridgehead atoms. The van der Waals surface area contributed by atoms with E-state index in [1.54, 1.807) is 0 Å². The Morgan fingerprint density at radius 1 is 1.10 bits per heavy atom. The third kappa shape index (κ3) is 1.72. The Balaban J connectivity index is 1.71. The zero-order valence-electron chi connectivity index (χ0n) is 11.3. The average molecular weight is 266 g/mol. The Morgan fingerprint density at radius 3 is 2.70 bits per heavy atom. The molecule has 0 aliphatic carbocycles. The van der Waals surface area contributed by atoms with Crippen LogP contribution in [-0.2, 0) is 0 Å². The van der Waals surface area contributed by atoms with Crippen molar-refractivity contribution >= 4 is 16.8 Å². The van der Waals surface area contributed by atoms with Crippen LogP contribution < -0.4 is 10.1 Å². The van der Waals surface area contributed by atoms with Gasteiger partial charge in [-0.1, -0.05) is 29.8 Å². The number of aromatic nitrogens is 1. The highest BCUT2D eigenvalue weighted by Gasteiger charge is 2.24. The van der Waals surface area contributed by atoms with Crippen LogP contribution in [0.15, 0.2) is 40.8 Å². The highest BCUT2D eigenvalue weighted by atomic mass is 16.5. The zero-order valence-corrected chi connectivity index (χ0v) is 11.3. The number of hydrogen-bond donors (Lipinski definition) is 1. The van der Waals surface area contributed by atoms with Crippen molar-refractivity contribution in [2.24, 2.45) is 0 Å². The van der Waals surface area contributed by atoms with Crippen molar-refractivity contribution in [3.8, 4) is 5.75 Å². The number of hydrogen-bond acceptors (Lipinski definition) is 4. The maximum atomic E-state index is 5.95. The number of nitrogens with zero attached hydrogens (tertiary/aromatic N) is 1. The molecule has 0 spiro atoms. The molecule has 4 rings (SSSR count). The van der Waals surface area contributed by atoms with Gasteiger partial charge in [0, 0.05) is 18.6 Å². The second kappa shape index (κ2) is 4.00. The molecule has 0 saturated heterocycles. The summed E-state index contributed by atoms with van der Waals surface area (Å²) in [5.41, 5.74) is 4.90. The Kier molecular flexibility index (Phi) is 2.27. The smallest absolute Gasteiger partial charge is 0.196 e. The average Bonchev–Trinajstić information content (AvgIpc) is 2.97. The summed E-state index contributed by atoms with van der Waals surface area (Å²) in [5, 5.41) is 3.37. The Labute approximate surface area is 116 Å². The fourth-order valence-electron chi connectivity index (χ4n) is 2.47. The summed E-state index contributed by atoms with van der Waals surface area (Å²) in [6.45, 7) is 3.91. The number of benzene rings is 2. The number of ether oxygens (including phenoxy) is 1. The minimum atomic E-state index is -0.154. The third-order valence-electron chi connectivity index (χ3n) is 3.51. The van der Waals surface area contributed by atoms with Crippen molar-refractivity contribution in [2.75, 3.05) is 5.32 Å².